The summed E-state index contributed by atoms with van der Waals surface area (Å²) in [7, 11) is 0. The van der Waals surface area contributed by atoms with Crippen LogP contribution in [0.5, 0.6) is 0 Å². The second kappa shape index (κ2) is 9.01. The van der Waals surface area contributed by atoms with E-state index in [2.05, 4.69) is 22.5 Å². The van der Waals surface area contributed by atoms with Crippen molar-refractivity contribution >= 4 is 23.3 Å². The Morgan fingerprint density at radius 1 is 1.32 bits per heavy atom. The van der Waals surface area contributed by atoms with Crippen LogP contribution in [0.25, 0.3) is 0 Å². The van der Waals surface area contributed by atoms with E-state index in [1.54, 1.807) is 24.3 Å². The highest BCUT2D eigenvalue weighted by molar-refractivity contribution is 6.30. The molecular formula is C17H26ClN3O. The zero-order valence-corrected chi connectivity index (χ0v) is 14.0. The molecule has 2 amide bonds. The fourth-order valence-corrected chi connectivity index (χ4v) is 3.14. The van der Waals surface area contributed by atoms with Crippen LogP contribution in [0, 0.1) is 0 Å². The Bertz CT molecular complexity index is 463. The number of piperidine rings is 1. The van der Waals surface area contributed by atoms with E-state index in [1.807, 2.05) is 0 Å². The highest BCUT2D eigenvalue weighted by atomic mass is 35.5. The Labute approximate surface area is 138 Å². The number of hydrogen-bond acceptors (Lipinski definition) is 2. The average Bonchev–Trinajstić information content (AvgIpc) is 2.54. The Hall–Kier alpha value is -1.26. The van der Waals surface area contributed by atoms with Gasteiger partial charge in [-0.25, -0.2) is 4.79 Å². The second-order valence-electron chi connectivity index (χ2n) is 5.84. The van der Waals surface area contributed by atoms with Crippen molar-refractivity contribution in [2.24, 2.45) is 0 Å². The first-order chi connectivity index (χ1) is 10.7. The van der Waals surface area contributed by atoms with Crippen molar-refractivity contribution in [3.63, 3.8) is 0 Å². The number of carbonyl (C=O) groups excluding carboxylic acids is 1. The summed E-state index contributed by atoms with van der Waals surface area (Å²) in [6.45, 7) is 5.24. The number of benzene rings is 1. The van der Waals surface area contributed by atoms with E-state index in [-0.39, 0.29) is 6.03 Å². The van der Waals surface area contributed by atoms with Crippen LogP contribution in [0.3, 0.4) is 0 Å². The minimum Gasteiger partial charge on any atom is -0.338 e. The van der Waals surface area contributed by atoms with E-state index < -0.39 is 0 Å². The van der Waals surface area contributed by atoms with Crippen molar-refractivity contribution in [2.75, 3.05) is 25.0 Å². The van der Waals surface area contributed by atoms with Crippen molar-refractivity contribution in [1.82, 2.24) is 10.2 Å². The van der Waals surface area contributed by atoms with Crippen molar-refractivity contribution in [2.45, 2.75) is 45.1 Å². The van der Waals surface area contributed by atoms with Gasteiger partial charge in [0.25, 0.3) is 0 Å². The van der Waals surface area contributed by atoms with Gasteiger partial charge in [-0.3, -0.25) is 0 Å². The predicted molar refractivity (Wildman–Crippen MR) is 92.6 cm³/mol. The summed E-state index contributed by atoms with van der Waals surface area (Å²) >= 11 is 5.82. The summed E-state index contributed by atoms with van der Waals surface area (Å²) in [6, 6.07) is 7.68. The summed E-state index contributed by atoms with van der Waals surface area (Å²) in [4.78, 5) is 14.4. The minimum atomic E-state index is -0.159. The zero-order valence-electron chi connectivity index (χ0n) is 13.3. The van der Waals surface area contributed by atoms with Crippen LogP contribution in [-0.2, 0) is 0 Å². The first kappa shape index (κ1) is 17.1. The van der Waals surface area contributed by atoms with Gasteiger partial charge < -0.3 is 15.5 Å². The van der Waals surface area contributed by atoms with E-state index in [0.717, 1.165) is 24.7 Å². The molecule has 5 heteroatoms. The van der Waals surface area contributed by atoms with Crippen LogP contribution in [0.2, 0.25) is 5.02 Å². The summed E-state index contributed by atoms with van der Waals surface area (Å²) in [5.74, 6) is 0. The largest absolute Gasteiger partial charge is 0.338 e. The van der Waals surface area contributed by atoms with E-state index in [4.69, 9.17) is 11.6 Å². The van der Waals surface area contributed by atoms with Crippen molar-refractivity contribution in [3.05, 3.63) is 29.3 Å². The molecule has 1 fully saturated rings. The normalized spacial score (nSPS) is 18.9. The van der Waals surface area contributed by atoms with Gasteiger partial charge in [-0.2, -0.15) is 0 Å². The number of nitrogens with zero attached hydrogens (tertiary/aromatic N) is 1. The molecule has 0 spiro atoms. The third-order valence-corrected chi connectivity index (χ3v) is 4.48. The molecule has 1 aromatic carbocycles. The van der Waals surface area contributed by atoms with Crippen molar-refractivity contribution in [3.8, 4) is 0 Å². The lowest BCUT2D eigenvalue weighted by molar-refractivity contribution is 0.142. The SMILES string of the molecule is CCC1CCCCN1CCCNC(=O)Nc1ccc(Cl)cc1. The van der Waals surface area contributed by atoms with Gasteiger partial charge in [-0.05, 0) is 56.5 Å². The lowest BCUT2D eigenvalue weighted by Gasteiger charge is -2.35. The molecule has 122 valence electrons. The Morgan fingerprint density at radius 2 is 2.09 bits per heavy atom. The number of halogens is 1. The molecule has 0 aliphatic carbocycles. The summed E-state index contributed by atoms with van der Waals surface area (Å²) in [5, 5.41) is 6.38. The summed E-state index contributed by atoms with van der Waals surface area (Å²) in [5.41, 5.74) is 0.754. The molecule has 1 saturated heterocycles. The maximum atomic E-state index is 11.8. The number of carbonyl (C=O) groups is 1. The van der Waals surface area contributed by atoms with Crippen LogP contribution in [-0.4, -0.2) is 36.6 Å². The Balaban J connectivity index is 1.63. The van der Waals surface area contributed by atoms with Gasteiger partial charge in [0.2, 0.25) is 0 Å². The van der Waals surface area contributed by atoms with Gasteiger partial charge in [0, 0.05) is 29.8 Å². The van der Waals surface area contributed by atoms with Gasteiger partial charge >= 0.3 is 6.03 Å². The lowest BCUT2D eigenvalue weighted by Crippen LogP contribution is -2.41. The highest BCUT2D eigenvalue weighted by Crippen LogP contribution is 2.19. The summed E-state index contributed by atoms with van der Waals surface area (Å²) < 4.78 is 0. The van der Waals surface area contributed by atoms with Gasteiger partial charge in [-0.1, -0.05) is 24.9 Å². The molecule has 0 radical (unpaired) electrons. The molecule has 1 heterocycles. The van der Waals surface area contributed by atoms with Gasteiger partial charge in [0.15, 0.2) is 0 Å². The standard InChI is InChI=1S/C17H26ClN3O/c1-2-16-6-3-4-12-21(16)13-5-11-19-17(22)20-15-9-7-14(18)8-10-15/h7-10,16H,2-6,11-13H2,1H3,(H2,19,20,22). The predicted octanol–water partition coefficient (Wildman–Crippen LogP) is 4.12. The Kier molecular flexibility index (Phi) is 7.00. The molecule has 0 saturated carbocycles. The fourth-order valence-electron chi connectivity index (χ4n) is 3.01. The molecule has 1 atom stereocenters. The Morgan fingerprint density at radius 3 is 2.82 bits per heavy atom. The molecule has 1 unspecified atom stereocenters. The first-order valence-electron chi connectivity index (χ1n) is 8.23. The summed E-state index contributed by atoms with van der Waals surface area (Å²) in [6.07, 6.45) is 6.20. The number of amides is 2. The molecule has 22 heavy (non-hydrogen) atoms. The van der Waals surface area contributed by atoms with Gasteiger partial charge in [0.1, 0.15) is 0 Å². The number of anilines is 1. The van der Waals surface area contributed by atoms with Gasteiger partial charge in [0.05, 0.1) is 0 Å². The lowest BCUT2D eigenvalue weighted by atomic mass is 10.00. The molecule has 0 aromatic heterocycles. The van der Waals surface area contributed by atoms with Gasteiger partial charge in [-0.15, -0.1) is 0 Å². The number of likely N-dealkylation sites (tertiary alicyclic amines) is 1. The van der Waals surface area contributed by atoms with E-state index in [1.165, 1.54) is 32.2 Å². The number of nitrogens with one attached hydrogen (secondary N) is 2. The smallest absolute Gasteiger partial charge is 0.319 e. The zero-order chi connectivity index (χ0) is 15.8. The molecule has 2 N–H and O–H groups in total. The quantitative estimate of drug-likeness (QED) is 0.774. The van der Waals surface area contributed by atoms with E-state index >= 15 is 0 Å². The second-order valence-corrected chi connectivity index (χ2v) is 6.27. The third kappa shape index (κ3) is 5.50. The molecule has 1 aliphatic rings. The number of urea groups is 1. The van der Waals surface area contributed by atoms with Crippen molar-refractivity contribution < 1.29 is 4.79 Å². The maximum Gasteiger partial charge on any atom is 0.319 e. The van der Waals surface area contributed by atoms with Crippen LogP contribution in [0.1, 0.15) is 39.0 Å². The number of rotatable bonds is 6. The third-order valence-electron chi connectivity index (χ3n) is 4.23. The topological polar surface area (TPSA) is 44.4 Å². The van der Waals surface area contributed by atoms with Crippen molar-refractivity contribution in [1.29, 1.82) is 0 Å². The minimum absolute atomic E-state index is 0.159. The molecule has 1 aliphatic heterocycles. The van der Waals surface area contributed by atoms with Crippen LogP contribution < -0.4 is 10.6 Å². The first-order valence-corrected chi connectivity index (χ1v) is 8.61. The van der Waals surface area contributed by atoms with E-state index in [9.17, 15) is 4.79 Å². The van der Waals surface area contributed by atoms with Crippen LogP contribution in [0.15, 0.2) is 24.3 Å². The van der Waals surface area contributed by atoms with Crippen LogP contribution >= 0.6 is 11.6 Å². The fraction of sp³-hybridized carbons (Fsp3) is 0.588. The monoisotopic (exact) mass is 323 g/mol. The number of hydrogen-bond donors (Lipinski definition) is 2. The maximum absolute atomic E-state index is 11.8. The molecule has 2 rings (SSSR count). The van der Waals surface area contributed by atoms with E-state index in [0.29, 0.717) is 11.6 Å². The van der Waals surface area contributed by atoms with Crippen LogP contribution in [0.4, 0.5) is 10.5 Å². The molecular weight excluding hydrogens is 298 g/mol. The average molecular weight is 324 g/mol. The molecule has 1 aromatic rings. The molecule has 0 bridgehead atoms. The highest BCUT2D eigenvalue weighted by Gasteiger charge is 2.19. The molecule has 4 nitrogen and oxygen atoms in total.